The van der Waals surface area contributed by atoms with Gasteiger partial charge >= 0.3 is 0 Å². The van der Waals surface area contributed by atoms with Crippen LogP contribution >= 0.6 is 0 Å². The highest BCUT2D eigenvalue weighted by atomic mass is 19.1. The van der Waals surface area contributed by atoms with Gasteiger partial charge in [-0.3, -0.25) is 0 Å². The van der Waals surface area contributed by atoms with E-state index in [2.05, 4.69) is 23.8 Å². The number of aliphatic imine (C=N–C) groups is 2. The Morgan fingerprint density at radius 1 is 1.31 bits per heavy atom. The SMILES string of the molecule is CC(C)c1cccc(N=C(N)N=C(N)F)c1. The molecule has 86 valence electrons. The molecule has 0 aliphatic heterocycles. The highest BCUT2D eigenvalue weighted by Crippen LogP contribution is 2.20. The van der Waals surface area contributed by atoms with Crippen molar-refractivity contribution >= 4 is 17.7 Å². The Labute approximate surface area is 93.9 Å². The zero-order chi connectivity index (χ0) is 12.1. The van der Waals surface area contributed by atoms with Gasteiger partial charge in [0.2, 0.25) is 5.96 Å². The maximum atomic E-state index is 12.2. The molecule has 0 unspecified atom stereocenters. The largest absolute Gasteiger partial charge is 0.368 e. The molecule has 0 atom stereocenters. The van der Waals surface area contributed by atoms with Crippen molar-refractivity contribution in [3.05, 3.63) is 29.8 Å². The molecule has 0 aliphatic carbocycles. The standard InChI is InChI=1S/C11H15FN4/c1-7(2)8-4-3-5-9(6-8)15-11(14)16-10(12)13/h3-7H,1-2H3,(H4,13,14,15,16). The fourth-order valence-electron chi connectivity index (χ4n) is 1.22. The van der Waals surface area contributed by atoms with E-state index in [0.717, 1.165) is 5.56 Å². The van der Waals surface area contributed by atoms with Crippen LogP contribution in [0, 0.1) is 0 Å². The van der Waals surface area contributed by atoms with Crippen LogP contribution < -0.4 is 11.5 Å². The average molecular weight is 222 g/mol. The molecule has 4 nitrogen and oxygen atoms in total. The highest BCUT2D eigenvalue weighted by molar-refractivity contribution is 5.91. The van der Waals surface area contributed by atoms with Crippen LogP contribution in [0.2, 0.25) is 0 Å². The lowest BCUT2D eigenvalue weighted by atomic mass is 10.0. The average Bonchev–Trinajstić information content (AvgIpc) is 2.16. The van der Waals surface area contributed by atoms with Gasteiger partial charge in [-0.2, -0.15) is 9.38 Å². The van der Waals surface area contributed by atoms with E-state index in [4.69, 9.17) is 11.5 Å². The number of rotatable bonds is 2. The molecule has 0 aliphatic rings. The summed E-state index contributed by atoms with van der Waals surface area (Å²) in [6.07, 6.45) is -1.10. The van der Waals surface area contributed by atoms with Gasteiger partial charge in [-0.1, -0.05) is 26.0 Å². The molecule has 16 heavy (non-hydrogen) atoms. The number of nitrogens with zero attached hydrogens (tertiary/aromatic N) is 2. The summed E-state index contributed by atoms with van der Waals surface area (Å²) in [5.41, 5.74) is 11.9. The van der Waals surface area contributed by atoms with Gasteiger partial charge in [0, 0.05) is 0 Å². The second-order valence-electron chi connectivity index (χ2n) is 3.65. The molecule has 5 heteroatoms. The maximum Gasteiger partial charge on any atom is 0.283 e. The smallest absolute Gasteiger partial charge is 0.283 e. The molecule has 0 bridgehead atoms. The normalized spacial score (nSPS) is 13.2. The first-order valence-corrected chi connectivity index (χ1v) is 4.93. The second kappa shape index (κ2) is 5.25. The van der Waals surface area contributed by atoms with Crippen molar-refractivity contribution in [3.63, 3.8) is 0 Å². The van der Waals surface area contributed by atoms with E-state index in [0.29, 0.717) is 11.6 Å². The molecular formula is C11H15FN4. The van der Waals surface area contributed by atoms with Gasteiger partial charge in [0.15, 0.2) is 0 Å². The zero-order valence-electron chi connectivity index (χ0n) is 9.31. The minimum atomic E-state index is -1.10. The maximum absolute atomic E-state index is 12.2. The van der Waals surface area contributed by atoms with Crippen LogP contribution in [0.4, 0.5) is 10.1 Å². The third kappa shape index (κ3) is 3.68. The predicted octanol–water partition coefficient (Wildman–Crippen LogP) is 2.04. The molecule has 0 radical (unpaired) electrons. The lowest BCUT2D eigenvalue weighted by molar-refractivity contribution is 0.792. The van der Waals surface area contributed by atoms with Crippen molar-refractivity contribution in [2.24, 2.45) is 21.5 Å². The summed E-state index contributed by atoms with van der Waals surface area (Å²) in [6, 6.07) is 7.50. The number of nitrogens with two attached hydrogens (primary N) is 2. The topological polar surface area (TPSA) is 76.8 Å². The van der Waals surface area contributed by atoms with Crippen LogP contribution in [0.3, 0.4) is 0 Å². The number of guanidine groups is 1. The van der Waals surface area contributed by atoms with Gasteiger partial charge in [0.1, 0.15) is 0 Å². The van der Waals surface area contributed by atoms with Gasteiger partial charge in [-0.25, -0.2) is 4.99 Å². The van der Waals surface area contributed by atoms with E-state index in [-0.39, 0.29) is 5.96 Å². The Hall–Kier alpha value is -1.91. The molecule has 0 saturated carbocycles. The van der Waals surface area contributed by atoms with Gasteiger partial charge < -0.3 is 11.5 Å². The van der Waals surface area contributed by atoms with E-state index < -0.39 is 6.09 Å². The summed E-state index contributed by atoms with van der Waals surface area (Å²) in [5, 5.41) is 0. The number of benzene rings is 1. The number of hydrogen-bond acceptors (Lipinski definition) is 1. The first-order valence-electron chi connectivity index (χ1n) is 4.93. The molecule has 1 rings (SSSR count). The van der Waals surface area contributed by atoms with Crippen molar-refractivity contribution in [1.29, 1.82) is 0 Å². The van der Waals surface area contributed by atoms with Gasteiger partial charge in [-0.05, 0) is 23.6 Å². The minimum absolute atomic E-state index is 0.194. The molecule has 0 spiro atoms. The van der Waals surface area contributed by atoms with Crippen molar-refractivity contribution in [2.75, 3.05) is 0 Å². The highest BCUT2D eigenvalue weighted by Gasteiger charge is 2.00. The molecule has 4 N–H and O–H groups in total. The van der Waals surface area contributed by atoms with Crippen LogP contribution in [0.1, 0.15) is 25.3 Å². The van der Waals surface area contributed by atoms with Gasteiger partial charge in [0.25, 0.3) is 6.09 Å². The van der Waals surface area contributed by atoms with Crippen molar-refractivity contribution in [1.82, 2.24) is 0 Å². The van der Waals surface area contributed by atoms with Crippen molar-refractivity contribution < 1.29 is 4.39 Å². The van der Waals surface area contributed by atoms with E-state index in [1.165, 1.54) is 0 Å². The summed E-state index contributed by atoms with van der Waals surface area (Å²) in [5.74, 6) is 0.201. The van der Waals surface area contributed by atoms with Crippen molar-refractivity contribution in [2.45, 2.75) is 19.8 Å². The summed E-state index contributed by atoms with van der Waals surface area (Å²) in [6.45, 7) is 4.15. The molecule has 0 heterocycles. The Morgan fingerprint density at radius 3 is 2.56 bits per heavy atom. The third-order valence-corrected chi connectivity index (χ3v) is 2.00. The third-order valence-electron chi connectivity index (χ3n) is 2.00. The summed E-state index contributed by atoms with van der Waals surface area (Å²) in [4.78, 5) is 7.13. The number of halogens is 1. The lowest BCUT2D eigenvalue weighted by Gasteiger charge is -2.05. The van der Waals surface area contributed by atoms with Crippen LogP contribution in [-0.4, -0.2) is 12.0 Å². The number of hydrogen-bond donors (Lipinski definition) is 2. The van der Waals surface area contributed by atoms with Gasteiger partial charge in [-0.15, -0.1) is 0 Å². The molecule has 0 saturated heterocycles. The van der Waals surface area contributed by atoms with E-state index in [1.54, 1.807) is 6.07 Å². The molecule has 0 aromatic heterocycles. The molecular weight excluding hydrogens is 207 g/mol. The lowest BCUT2D eigenvalue weighted by Crippen LogP contribution is -2.14. The first kappa shape index (κ1) is 12.2. The minimum Gasteiger partial charge on any atom is -0.368 e. The van der Waals surface area contributed by atoms with Crippen molar-refractivity contribution in [3.8, 4) is 0 Å². The fourth-order valence-corrected chi connectivity index (χ4v) is 1.22. The Morgan fingerprint density at radius 2 is 2.00 bits per heavy atom. The quantitative estimate of drug-likeness (QED) is 0.456. The van der Waals surface area contributed by atoms with Crippen LogP contribution in [0.25, 0.3) is 0 Å². The second-order valence-corrected chi connectivity index (χ2v) is 3.65. The number of amidine groups is 1. The predicted molar refractivity (Wildman–Crippen MR) is 64.5 cm³/mol. The van der Waals surface area contributed by atoms with E-state index in [1.807, 2.05) is 18.2 Å². The fraction of sp³-hybridized carbons (Fsp3) is 0.273. The monoisotopic (exact) mass is 222 g/mol. The van der Waals surface area contributed by atoms with E-state index in [9.17, 15) is 4.39 Å². The van der Waals surface area contributed by atoms with Crippen LogP contribution in [0.15, 0.2) is 34.3 Å². The Balaban J connectivity index is 2.97. The van der Waals surface area contributed by atoms with E-state index >= 15 is 0 Å². The molecule has 1 aromatic rings. The Bertz CT molecular complexity index is 420. The molecule has 1 aromatic carbocycles. The zero-order valence-corrected chi connectivity index (χ0v) is 9.31. The van der Waals surface area contributed by atoms with Crippen LogP contribution in [0.5, 0.6) is 0 Å². The molecule has 0 amide bonds. The summed E-state index contributed by atoms with van der Waals surface area (Å²) < 4.78 is 12.2. The van der Waals surface area contributed by atoms with Crippen LogP contribution in [-0.2, 0) is 0 Å². The summed E-state index contributed by atoms with van der Waals surface area (Å²) in [7, 11) is 0. The molecule has 0 fully saturated rings. The van der Waals surface area contributed by atoms with Gasteiger partial charge in [0.05, 0.1) is 5.69 Å². The summed E-state index contributed by atoms with van der Waals surface area (Å²) >= 11 is 0. The first-order chi connectivity index (χ1) is 7.49. The Kier molecular flexibility index (Phi) is 3.99.